The van der Waals surface area contributed by atoms with E-state index in [4.69, 9.17) is 36.0 Å². The van der Waals surface area contributed by atoms with Crippen molar-refractivity contribution >= 4 is 57.6 Å². The smallest absolute Gasteiger partial charge is 0.186 e. The standard InChI is InChI=1S/C14H18ClN5S2/c1-4-12(21)18-17-9(2)13(19-20-14(22)16-3)10-5-7-11(15)8-6-10/h5-8H,4H2,1-3H3,(H,18,21)(H2,16,20,22). The van der Waals surface area contributed by atoms with Crippen molar-refractivity contribution in [2.45, 2.75) is 20.3 Å². The zero-order valence-electron chi connectivity index (χ0n) is 12.6. The monoisotopic (exact) mass is 355 g/mol. The fraction of sp³-hybridized carbons (Fsp3) is 0.286. The molecule has 3 N–H and O–H groups in total. The molecule has 0 saturated heterocycles. The van der Waals surface area contributed by atoms with Crippen LogP contribution in [-0.4, -0.2) is 28.6 Å². The molecular weight excluding hydrogens is 338 g/mol. The summed E-state index contributed by atoms with van der Waals surface area (Å²) in [6.07, 6.45) is 0.724. The molecule has 0 atom stereocenters. The van der Waals surface area contributed by atoms with Gasteiger partial charge in [-0.2, -0.15) is 10.2 Å². The predicted molar refractivity (Wildman–Crippen MR) is 102 cm³/mol. The van der Waals surface area contributed by atoms with E-state index in [0.29, 0.717) is 26.5 Å². The van der Waals surface area contributed by atoms with Crippen LogP contribution in [0.2, 0.25) is 5.02 Å². The normalized spacial score (nSPS) is 11.8. The molecule has 22 heavy (non-hydrogen) atoms. The number of halogens is 1. The number of hydrazone groups is 2. The third kappa shape index (κ3) is 6.05. The molecule has 0 aromatic heterocycles. The van der Waals surface area contributed by atoms with Gasteiger partial charge in [-0.25, -0.2) is 0 Å². The zero-order valence-corrected chi connectivity index (χ0v) is 15.0. The molecule has 8 heteroatoms. The fourth-order valence-electron chi connectivity index (χ4n) is 1.40. The number of thiocarbonyl (C=S) groups is 2. The maximum Gasteiger partial charge on any atom is 0.186 e. The second-order valence-corrected chi connectivity index (χ2v) is 5.58. The highest BCUT2D eigenvalue weighted by Gasteiger charge is 2.09. The van der Waals surface area contributed by atoms with Gasteiger partial charge in [0.15, 0.2) is 5.11 Å². The first kappa shape index (κ1) is 18.5. The third-order valence-corrected chi connectivity index (χ3v) is 3.55. The van der Waals surface area contributed by atoms with Crippen LogP contribution < -0.4 is 16.2 Å². The van der Waals surface area contributed by atoms with E-state index >= 15 is 0 Å². The van der Waals surface area contributed by atoms with Crippen LogP contribution in [0.3, 0.4) is 0 Å². The van der Waals surface area contributed by atoms with E-state index in [2.05, 4.69) is 26.4 Å². The quantitative estimate of drug-likeness (QED) is 0.430. The molecule has 1 aromatic carbocycles. The Morgan fingerprint density at radius 2 is 1.77 bits per heavy atom. The Bertz CT molecular complexity index is 596. The molecule has 1 aromatic rings. The lowest BCUT2D eigenvalue weighted by molar-refractivity contribution is 0.974. The summed E-state index contributed by atoms with van der Waals surface area (Å²) in [6, 6.07) is 7.31. The van der Waals surface area contributed by atoms with Crippen molar-refractivity contribution in [1.82, 2.24) is 16.2 Å². The highest BCUT2D eigenvalue weighted by atomic mass is 35.5. The van der Waals surface area contributed by atoms with Gasteiger partial charge in [-0.3, -0.25) is 10.9 Å². The van der Waals surface area contributed by atoms with Crippen LogP contribution >= 0.6 is 36.0 Å². The zero-order chi connectivity index (χ0) is 16.5. The lowest BCUT2D eigenvalue weighted by Gasteiger charge is -2.09. The molecule has 0 spiro atoms. The van der Waals surface area contributed by atoms with E-state index in [1.54, 1.807) is 19.2 Å². The van der Waals surface area contributed by atoms with Crippen molar-refractivity contribution in [2.75, 3.05) is 7.05 Å². The molecule has 0 heterocycles. The molecule has 0 fully saturated rings. The minimum Gasteiger partial charge on any atom is -0.364 e. The summed E-state index contributed by atoms with van der Waals surface area (Å²) < 4.78 is 0. The first-order chi connectivity index (χ1) is 10.5. The summed E-state index contributed by atoms with van der Waals surface area (Å²) in [7, 11) is 1.72. The Morgan fingerprint density at radius 3 is 2.32 bits per heavy atom. The van der Waals surface area contributed by atoms with Crippen LogP contribution in [0.15, 0.2) is 34.5 Å². The molecule has 0 aliphatic heterocycles. The van der Waals surface area contributed by atoms with Gasteiger partial charge in [-0.1, -0.05) is 42.9 Å². The van der Waals surface area contributed by atoms with Gasteiger partial charge in [0.1, 0.15) is 5.71 Å². The van der Waals surface area contributed by atoms with Crippen molar-refractivity contribution < 1.29 is 0 Å². The number of rotatable bonds is 5. The van der Waals surface area contributed by atoms with Crippen LogP contribution in [0.25, 0.3) is 0 Å². The molecule has 5 nitrogen and oxygen atoms in total. The SMILES string of the molecule is CCC(=S)NN=C(C)C(=NNC(=S)NC)c1ccc(Cl)cc1. The highest BCUT2D eigenvalue weighted by Crippen LogP contribution is 2.11. The third-order valence-electron chi connectivity index (χ3n) is 2.63. The number of nitrogens with zero attached hydrogens (tertiary/aromatic N) is 2. The van der Waals surface area contributed by atoms with Crippen molar-refractivity contribution in [3.05, 3.63) is 34.9 Å². The molecule has 0 amide bonds. The molecule has 0 unspecified atom stereocenters. The van der Waals surface area contributed by atoms with Crippen molar-refractivity contribution in [3.63, 3.8) is 0 Å². The first-order valence-corrected chi connectivity index (χ1v) is 7.82. The minimum atomic E-state index is 0.413. The number of nitrogens with one attached hydrogen (secondary N) is 3. The van der Waals surface area contributed by atoms with E-state index in [-0.39, 0.29) is 0 Å². The average Bonchev–Trinajstić information content (AvgIpc) is 2.53. The summed E-state index contributed by atoms with van der Waals surface area (Å²) in [6.45, 7) is 3.80. The molecule has 0 aliphatic carbocycles. The Hall–Kier alpha value is -1.57. The van der Waals surface area contributed by atoms with Gasteiger partial charge in [0.05, 0.1) is 10.7 Å². The van der Waals surface area contributed by atoms with Crippen molar-refractivity contribution in [3.8, 4) is 0 Å². The second-order valence-electron chi connectivity index (χ2n) is 4.24. The van der Waals surface area contributed by atoms with Gasteiger partial charge in [0.25, 0.3) is 0 Å². The summed E-state index contributed by atoms with van der Waals surface area (Å²) >= 11 is 16.0. The van der Waals surface area contributed by atoms with Crippen molar-refractivity contribution in [1.29, 1.82) is 0 Å². The maximum atomic E-state index is 5.92. The lowest BCUT2D eigenvalue weighted by Crippen LogP contribution is -2.31. The van der Waals surface area contributed by atoms with Crippen LogP contribution in [-0.2, 0) is 0 Å². The summed E-state index contributed by atoms with van der Waals surface area (Å²) in [5.41, 5.74) is 7.77. The van der Waals surface area contributed by atoms with E-state index in [1.807, 2.05) is 26.0 Å². The summed E-state index contributed by atoms with van der Waals surface area (Å²) in [5, 5.41) is 12.4. The van der Waals surface area contributed by atoms with Crippen LogP contribution in [0.5, 0.6) is 0 Å². The van der Waals surface area contributed by atoms with Crippen LogP contribution in [0.1, 0.15) is 25.8 Å². The first-order valence-electron chi connectivity index (χ1n) is 6.62. The Morgan fingerprint density at radius 1 is 1.14 bits per heavy atom. The van der Waals surface area contributed by atoms with Gasteiger partial charge >= 0.3 is 0 Å². The van der Waals surface area contributed by atoms with Gasteiger partial charge in [0, 0.05) is 17.6 Å². The topological polar surface area (TPSA) is 60.8 Å². The number of hydrogen-bond acceptors (Lipinski definition) is 4. The Labute approximate surface area is 146 Å². The van der Waals surface area contributed by atoms with E-state index < -0.39 is 0 Å². The van der Waals surface area contributed by atoms with Gasteiger partial charge in [-0.15, -0.1) is 0 Å². The van der Waals surface area contributed by atoms with Crippen LogP contribution in [0.4, 0.5) is 0 Å². The molecule has 0 saturated carbocycles. The minimum absolute atomic E-state index is 0.413. The Balaban J connectivity index is 3.07. The average molecular weight is 356 g/mol. The fourth-order valence-corrected chi connectivity index (χ4v) is 1.62. The molecule has 0 bridgehead atoms. The van der Waals surface area contributed by atoms with Crippen molar-refractivity contribution in [2.24, 2.45) is 10.2 Å². The number of hydrogen-bond donors (Lipinski definition) is 3. The lowest BCUT2D eigenvalue weighted by atomic mass is 10.1. The number of benzene rings is 1. The van der Waals surface area contributed by atoms with Gasteiger partial charge in [0.2, 0.25) is 0 Å². The highest BCUT2D eigenvalue weighted by molar-refractivity contribution is 7.80. The maximum absolute atomic E-state index is 5.92. The van der Waals surface area contributed by atoms with Gasteiger partial charge < -0.3 is 5.32 Å². The predicted octanol–water partition coefficient (Wildman–Crippen LogP) is 2.84. The molecule has 0 aliphatic rings. The van der Waals surface area contributed by atoms with Gasteiger partial charge in [-0.05, 0) is 37.7 Å². The molecular formula is C14H18ClN5S2. The van der Waals surface area contributed by atoms with E-state index in [1.165, 1.54) is 0 Å². The molecule has 118 valence electrons. The van der Waals surface area contributed by atoms with E-state index in [9.17, 15) is 0 Å². The molecule has 1 rings (SSSR count). The summed E-state index contributed by atoms with van der Waals surface area (Å²) in [5.74, 6) is 0. The molecule has 0 radical (unpaired) electrons. The largest absolute Gasteiger partial charge is 0.364 e. The Kier molecular flexibility index (Phi) is 7.94. The van der Waals surface area contributed by atoms with Crippen LogP contribution in [0, 0.1) is 0 Å². The van der Waals surface area contributed by atoms with E-state index in [0.717, 1.165) is 12.0 Å². The summed E-state index contributed by atoms with van der Waals surface area (Å²) in [4.78, 5) is 0.661. The second kappa shape index (κ2) is 9.45.